The maximum absolute atomic E-state index is 11.7. The monoisotopic (exact) mass is 337 g/mol. The van der Waals surface area contributed by atoms with Gasteiger partial charge in [0.05, 0.1) is 9.92 Å². The van der Waals surface area contributed by atoms with Gasteiger partial charge in [-0.15, -0.1) is 0 Å². The van der Waals surface area contributed by atoms with E-state index >= 15 is 0 Å². The van der Waals surface area contributed by atoms with Gasteiger partial charge in [-0.3, -0.25) is 4.79 Å². The molecule has 1 saturated carbocycles. The minimum atomic E-state index is -3.84. The highest BCUT2D eigenvalue weighted by atomic mass is 35.7. The molecule has 0 spiro atoms. The van der Waals surface area contributed by atoms with E-state index in [1.165, 1.54) is 18.2 Å². The Kier molecular flexibility index (Phi) is 4.46. The highest BCUT2D eigenvalue weighted by Crippen LogP contribution is 2.29. The quantitative estimate of drug-likeness (QED) is 0.837. The van der Waals surface area contributed by atoms with Crippen LogP contribution in [0.4, 0.5) is 0 Å². The summed E-state index contributed by atoms with van der Waals surface area (Å²) in [6.07, 6.45) is 1.26. The van der Waals surface area contributed by atoms with Crippen molar-refractivity contribution in [3.8, 4) is 5.75 Å². The van der Waals surface area contributed by atoms with Gasteiger partial charge >= 0.3 is 0 Å². The topological polar surface area (TPSA) is 72.5 Å². The van der Waals surface area contributed by atoms with Crippen molar-refractivity contribution in [1.82, 2.24) is 5.32 Å². The summed E-state index contributed by atoms with van der Waals surface area (Å²) in [6.45, 7) is 1.60. The van der Waals surface area contributed by atoms with E-state index in [4.69, 9.17) is 27.0 Å². The van der Waals surface area contributed by atoms with Gasteiger partial charge in [0, 0.05) is 16.7 Å². The molecule has 1 N–H and O–H groups in total. The van der Waals surface area contributed by atoms with E-state index in [2.05, 4.69) is 5.32 Å². The molecule has 1 fully saturated rings. The van der Waals surface area contributed by atoms with Gasteiger partial charge in [0.25, 0.3) is 15.0 Å². The van der Waals surface area contributed by atoms with Crippen molar-refractivity contribution < 1.29 is 17.9 Å². The molecule has 0 bridgehead atoms. The number of hydrogen-bond donors (Lipinski definition) is 1. The fraction of sp³-hybridized carbons (Fsp3) is 0.417. The second-order valence-electron chi connectivity index (χ2n) is 4.57. The SMILES string of the molecule is CC(Oc1ccc(S(=O)(=O)Cl)cc1Cl)C(=O)NC1CC1. The molecule has 1 aliphatic rings. The average Bonchev–Trinajstić information content (AvgIpc) is 3.14. The molecular weight excluding hydrogens is 325 g/mol. The second-order valence-corrected chi connectivity index (χ2v) is 7.55. The Labute approximate surface area is 126 Å². The Morgan fingerprint density at radius 2 is 2.10 bits per heavy atom. The normalized spacial score (nSPS) is 16.6. The van der Waals surface area contributed by atoms with Gasteiger partial charge in [-0.25, -0.2) is 8.42 Å². The number of hydrogen-bond acceptors (Lipinski definition) is 4. The van der Waals surface area contributed by atoms with E-state index in [0.717, 1.165) is 12.8 Å². The first-order valence-electron chi connectivity index (χ1n) is 5.98. The number of ether oxygens (including phenoxy) is 1. The number of benzene rings is 1. The molecule has 8 heteroatoms. The number of rotatable bonds is 5. The highest BCUT2D eigenvalue weighted by Gasteiger charge is 2.26. The summed E-state index contributed by atoms with van der Waals surface area (Å²) in [5, 5.41) is 2.89. The third-order valence-corrected chi connectivity index (χ3v) is 4.43. The zero-order chi connectivity index (χ0) is 14.9. The van der Waals surface area contributed by atoms with Gasteiger partial charge in [-0.2, -0.15) is 0 Å². The summed E-state index contributed by atoms with van der Waals surface area (Å²) in [7, 11) is 1.37. The van der Waals surface area contributed by atoms with Crippen LogP contribution in [0.2, 0.25) is 5.02 Å². The second kappa shape index (κ2) is 5.79. The van der Waals surface area contributed by atoms with Gasteiger partial charge < -0.3 is 10.1 Å². The first kappa shape index (κ1) is 15.4. The first-order chi connectivity index (χ1) is 9.27. The van der Waals surface area contributed by atoms with Crippen LogP contribution in [0.15, 0.2) is 23.1 Å². The van der Waals surface area contributed by atoms with Crippen molar-refractivity contribution in [3.05, 3.63) is 23.2 Å². The van der Waals surface area contributed by atoms with Gasteiger partial charge in [0.15, 0.2) is 6.10 Å². The molecule has 2 rings (SSSR count). The minimum Gasteiger partial charge on any atom is -0.479 e. The third kappa shape index (κ3) is 4.01. The molecule has 5 nitrogen and oxygen atoms in total. The molecule has 20 heavy (non-hydrogen) atoms. The number of halogens is 2. The zero-order valence-corrected chi connectivity index (χ0v) is 12.9. The Balaban J connectivity index is 2.07. The lowest BCUT2D eigenvalue weighted by Gasteiger charge is -2.15. The largest absolute Gasteiger partial charge is 0.479 e. The molecule has 1 aromatic carbocycles. The van der Waals surface area contributed by atoms with Crippen LogP contribution in [0.5, 0.6) is 5.75 Å². The predicted molar refractivity (Wildman–Crippen MR) is 75.7 cm³/mol. The summed E-state index contributed by atoms with van der Waals surface area (Å²) in [5.74, 6) is 0.00629. The van der Waals surface area contributed by atoms with Gasteiger partial charge in [0.1, 0.15) is 5.75 Å². The Hall–Kier alpha value is -0.980. The van der Waals surface area contributed by atoms with Gasteiger partial charge in [-0.05, 0) is 38.0 Å². The van der Waals surface area contributed by atoms with Crippen molar-refractivity contribution in [1.29, 1.82) is 0 Å². The van der Waals surface area contributed by atoms with Gasteiger partial charge in [0.2, 0.25) is 0 Å². The van der Waals surface area contributed by atoms with E-state index in [-0.39, 0.29) is 27.6 Å². The van der Waals surface area contributed by atoms with Crippen LogP contribution in [-0.2, 0) is 13.8 Å². The van der Waals surface area contributed by atoms with Crippen molar-refractivity contribution in [2.75, 3.05) is 0 Å². The zero-order valence-electron chi connectivity index (χ0n) is 10.6. The fourth-order valence-corrected chi connectivity index (χ4v) is 2.59. The molecular formula is C12H13Cl2NO4S. The molecule has 1 aromatic rings. The van der Waals surface area contributed by atoms with Crippen LogP contribution in [0.1, 0.15) is 19.8 Å². The smallest absolute Gasteiger partial charge is 0.261 e. The first-order valence-corrected chi connectivity index (χ1v) is 8.67. The number of amides is 1. The summed E-state index contributed by atoms with van der Waals surface area (Å²) < 4.78 is 27.7. The van der Waals surface area contributed by atoms with Crippen molar-refractivity contribution >= 4 is 37.2 Å². The van der Waals surface area contributed by atoms with Crippen molar-refractivity contribution in [2.45, 2.75) is 36.8 Å². The van der Waals surface area contributed by atoms with Crippen LogP contribution in [-0.4, -0.2) is 26.5 Å². The van der Waals surface area contributed by atoms with Crippen LogP contribution in [0.3, 0.4) is 0 Å². The third-order valence-electron chi connectivity index (χ3n) is 2.78. The molecule has 0 aliphatic heterocycles. The number of carbonyl (C=O) groups is 1. The number of carbonyl (C=O) groups excluding carboxylic acids is 1. The fourth-order valence-electron chi connectivity index (χ4n) is 1.52. The molecule has 1 atom stereocenters. The summed E-state index contributed by atoms with van der Waals surface area (Å²) in [6, 6.07) is 4.07. The highest BCUT2D eigenvalue weighted by molar-refractivity contribution is 8.13. The van der Waals surface area contributed by atoms with Gasteiger partial charge in [-0.1, -0.05) is 11.6 Å². The van der Waals surface area contributed by atoms with E-state index in [1.54, 1.807) is 6.92 Å². The maximum atomic E-state index is 11.7. The maximum Gasteiger partial charge on any atom is 0.261 e. The molecule has 0 aromatic heterocycles. The molecule has 1 aliphatic carbocycles. The number of nitrogens with one attached hydrogen (secondary N) is 1. The Bertz CT molecular complexity index is 628. The van der Waals surface area contributed by atoms with Crippen LogP contribution < -0.4 is 10.1 Å². The van der Waals surface area contributed by atoms with Crippen molar-refractivity contribution in [3.63, 3.8) is 0 Å². The van der Waals surface area contributed by atoms with E-state index < -0.39 is 15.2 Å². The van der Waals surface area contributed by atoms with Crippen LogP contribution in [0, 0.1) is 0 Å². The molecule has 0 heterocycles. The standard InChI is InChI=1S/C12H13Cl2NO4S/c1-7(12(16)15-8-2-3-8)19-11-5-4-9(6-10(11)13)20(14,17)18/h4-8H,2-3H2,1H3,(H,15,16). The summed E-state index contributed by atoms with van der Waals surface area (Å²) in [4.78, 5) is 11.6. The lowest BCUT2D eigenvalue weighted by atomic mass is 10.3. The molecule has 110 valence electrons. The van der Waals surface area contributed by atoms with Crippen LogP contribution in [0.25, 0.3) is 0 Å². The minimum absolute atomic E-state index is 0.0813. The van der Waals surface area contributed by atoms with E-state index in [9.17, 15) is 13.2 Å². The lowest BCUT2D eigenvalue weighted by Crippen LogP contribution is -2.37. The molecule has 1 unspecified atom stereocenters. The lowest BCUT2D eigenvalue weighted by molar-refractivity contribution is -0.127. The Morgan fingerprint density at radius 3 is 2.60 bits per heavy atom. The predicted octanol–water partition coefficient (Wildman–Crippen LogP) is 2.31. The average molecular weight is 338 g/mol. The summed E-state index contributed by atoms with van der Waals surface area (Å²) in [5.41, 5.74) is 0. The van der Waals surface area contributed by atoms with Crippen molar-refractivity contribution in [2.24, 2.45) is 0 Å². The molecule has 1 amide bonds. The molecule has 0 radical (unpaired) electrons. The Morgan fingerprint density at radius 1 is 1.45 bits per heavy atom. The summed E-state index contributed by atoms with van der Waals surface area (Å²) >= 11 is 5.92. The van der Waals surface area contributed by atoms with E-state index in [1.807, 2.05) is 0 Å². The molecule has 0 saturated heterocycles. The van der Waals surface area contributed by atoms with Crippen LogP contribution >= 0.6 is 22.3 Å². The van der Waals surface area contributed by atoms with E-state index in [0.29, 0.717) is 0 Å².